The molecule has 1 aromatic heterocycles. The zero-order valence-corrected chi connectivity index (χ0v) is 26.9. The summed E-state index contributed by atoms with van der Waals surface area (Å²) in [5.74, 6) is 6.47. The van der Waals surface area contributed by atoms with Gasteiger partial charge in [-0.1, -0.05) is 36.3 Å². The largest absolute Gasteiger partial charge is 0.462 e. The molecule has 0 aliphatic carbocycles. The van der Waals surface area contributed by atoms with Gasteiger partial charge in [-0.05, 0) is 56.8 Å². The third-order valence-electron chi connectivity index (χ3n) is 9.56. The van der Waals surface area contributed by atoms with E-state index in [-0.39, 0.29) is 31.4 Å². The van der Waals surface area contributed by atoms with Crippen molar-refractivity contribution in [2.75, 3.05) is 62.8 Å². The highest BCUT2D eigenvalue weighted by atomic mass is 16.5. The highest BCUT2D eigenvalue weighted by molar-refractivity contribution is 5.97. The van der Waals surface area contributed by atoms with Gasteiger partial charge in [0.05, 0.1) is 43.8 Å². The quantitative estimate of drug-likeness (QED) is 0.377. The second kappa shape index (κ2) is 14.4. The van der Waals surface area contributed by atoms with Gasteiger partial charge in [-0.15, -0.1) is 5.92 Å². The van der Waals surface area contributed by atoms with Crippen molar-refractivity contribution < 1.29 is 14.6 Å². The number of carbonyl (C=O) groups is 1. The number of hydrogen-bond donors (Lipinski definition) is 1. The second-order valence-electron chi connectivity index (χ2n) is 12.5. The van der Waals surface area contributed by atoms with Crippen LogP contribution in [0.3, 0.4) is 0 Å². The average molecular weight is 622 g/mol. The van der Waals surface area contributed by atoms with Crippen molar-refractivity contribution >= 4 is 28.2 Å². The minimum Gasteiger partial charge on any atom is -0.462 e. The highest BCUT2D eigenvalue weighted by Crippen LogP contribution is 2.36. The zero-order chi connectivity index (χ0) is 32.0. The number of benzene rings is 2. The van der Waals surface area contributed by atoms with Crippen LogP contribution in [0.1, 0.15) is 48.9 Å². The van der Waals surface area contributed by atoms with Gasteiger partial charge in [0.2, 0.25) is 5.91 Å². The van der Waals surface area contributed by atoms with Gasteiger partial charge in [0.1, 0.15) is 12.4 Å². The third kappa shape index (κ3) is 6.74. The van der Waals surface area contributed by atoms with Crippen LogP contribution in [0.5, 0.6) is 6.01 Å². The summed E-state index contributed by atoms with van der Waals surface area (Å²) in [7, 11) is 2.14. The number of ether oxygens (including phenoxy) is 1. The molecule has 2 fully saturated rings. The van der Waals surface area contributed by atoms with Crippen LogP contribution in [0.15, 0.2) is 36.4 Å². The fourth-order valence-electron chi connectivity index (χ4n) is 7.09. The van der Waals surface area contributed by atoms with Crippen LogP contribution in [0.25, 0.3) is 10.8 Å². The van der Waals surface area contributed by atoms with E-state index in [1.54, 1.807) is 4.90 Å². The molecule has 240 valence electrons. The van der Waals surface area contributed by atoms with Gasteiger partial charge in [-0.3, -0.25) is 4.79 Å². The van der Waals surface area contributed by atoms with E-state index in [0.29, 0.717) is 51.3 Å². The van der Waals surface area contributed by atoms with E-state index in [2.05, 4.69) is 83.0 Å². The van der Waals surface area contributed by atoms with Gasteiger partial charge in [0.15, 0.2) is 0 Å². The SMILES string of the molecule is Cc1cccc2cccc(N3CCc4c(nc(OC[C@H]5CCCN5C)nc4N4CCN(C(=O)CC#CCCO)[C@@H](CC#N)C4)C3)c12. The Balaban J connectivity index is 1.29. The molecule has 3 aliphatic heterocycles. The molecule has 0 unspecified atom stereocenters. The molecule has 6 rings (SSSR count). The first-order chi connectivity index (χ1) is 22.5. The predicted molar refractivity (Wildman–Crippen MR) is 179 cm³/mol. The normalized spacial score (nSPS) is 19.8. The minimum atomic E-state index is -0.272. The van der Waals surface area contributed by atoms with E-state index < -0.39 is 0 Å². The summed E-state index contributed by atoms with van der Waals surface area (Å²) in [4.78, 5) is 31.9. The molecular weight excluding hydrogens is 578 g/mol. The first kappa shape index (κ1) is 31.6. The van der Waals surface area contributed by atoms with Crippen molar-refractivity contribution in [3.8, 4) is 23.9 Å². The summed E-state index contributed by atoms with van der Waals surface area (Å²) in [5, 5.41) is 21.2. The Morgan fingerprint density at radius 2 is 1.91 bits per heavy atom. The summed E-state index contributed by atoms with van der Waals surface area (Å²) in [6.07, 6.45) is 3.70. The van der Waals surface area contributed by atoms with Crippen LogP contribution < -0.4 is 14.5 Å². The Morgan fingerprint density at radius 1 is 1.07 bits per heavy atom. The molecule has 0 bridgehead atoms. The topological polar surface area (TPSA) is 109 Å². The lowest BCUT2D eigenvalue weighted by molar-refractivity contribution is -0.132. The van der Waals surface area contributed by atoms with Gasteiger partial charge >= 0.3 is 6.01 Å². The summed E-state index contributed by atoms with van der Waals surface area (Å²) in [6.45, 7) is 6.80. The van der Waals surface area contributed by atoms with E-state index in [0.717, 1.165) is 49.4 Å². The van der Waals surface area contributed by atoms with E-state index in [1.807, 2.05) is 0 Å². The van der Waals surface area contributed by atoms with E-state index in [4.69, 9.17) is 19.8 Å². The van der Waals surface area contributed by atoms with Crippen LogP contribution in [0.4, 0.5) is 11.5 Å². The number of amides is 1. The fraction of sp³-hybridized carbons (Fsp3) is 0.500. The molecule has 2 saturated heterocycles. The maximum Gasteiger partial charge on any atom is 0.318 e. The standard InChI is InChI=1S/C36H43N7O3/c1-26-9-6-10-27-11-7-13-32(34(26)27)41-19-16-30-31(24-41)38-36(46-25-29-12-8-18-40(29)2)39-35(30)42-20-21-43(28(23-42)15-17-37)33(45)14-4-3-5-22-44/h6-7,9-11,13,28-29,44H,5,8,12,14-16,18-25H2,1-2H3/t28-,29+/m0/s1. The van der Waals surface area contributed by atoms with Crippen molar-refractivity contribution in [3.63, 3.8) is 0 Å². The maximum atomic E-state index is 13.1. The number of anilines is 2. The number of aliphatic hydroxyl groups is 1. The van der Waals surface area contributed by atoms with E-state index >= 15 is 0 Å². The number of aromatic nitrogens is 2. The Morgan fingerprint density at radius 3 is 2.70 bits per heavy atom. The molecule has 4 heterocycles. The van der Waals surface area contributed by atoms with Crippen LogP contribution in [-0.2, 0) is 17.8 Å². The van der Waals surface area contributed by atoms with Crippen LogP contribution in [0, 0.1) is 30.1 Å². The molecule has 3 aliphatic rings. The summed E-state index contributed by atoms with van der Waals surface area (Å²) in [6, 6.07) is 15.7. The molecule has 0 radical (unpaired) electrons. The fourth-order valence-corrected chi connectivity index (χ4v) is 7.09. The zero-order valence-electron chi connectivity index (χ0n) is 26.9. The lowest BCUT2D eigenvalue weighted by Crippen LogP contribution is -2.55. The molecule has 2 aromatic carbocycles. The number of aryl methyl sites for hydroxylation is 1. The number of likely N-dealkylation sites (N-methyl/N-ethyl adjacent to an activating group) is 1. The first-order valence-electron chi connectivity index (χ1n) is 16.4. The first-order valence-corrected chi connectivity index (χ1v) is 16.4. The molecule has 3 aromatic rings. The lowest BCUT2D eigenvalue weighted by Gasteiger charge is -2.42. The second-order valence-corrected chi connectivity index (χ2v) is 12.5. The van der Waals surface area contributed by atoms with Crippen molar-refractivity contribution in [1.29, 1.82) is 5.26 Å². The van der Waals surface area contributed by atoms with Gasteiger partial charge in [-0.25, -0.2) is 0 Å². The average Bonchev–Trinajstić information content (AvgIpc) is 3.49. The number of piperazine rings is 1. The van der Waals surface area contributed by atoms with Gasteiger partial charge in [-0.2, -0.15) is 15.2 Å². The molecule has 10 nitrogen and oxygen atoms in total. The summed E-state index contributed by atoms with van der Waals surface area (Å²) in [5.41, 5.74) is 4.54. The Hall–Kier alpha value is -4.38. The smallest absolute Gasteiger partial charge is 0.318 e. The number of carbonyl (C=O) groups excluding carboxylic acids is 1. The van der Waals surface area contributed by atoms with Crippen molar-refractivity contribution in [2.24, 2.45) is 0 Å². The summed E-state index contributed by atoms with van der Waals surface area (Å²) < 4.78 is 6.33. The monoisotopic (exact) mass is 621 g/mol. The summed E-state index contributed by atoms with van der Waals surface area (Å²) >= 11 is 0. The van der Waals surface area contributed by atoms with E-state index in [9.17, 15) is 10.1 Å². The Kier molecular flexibility index (Phi) is 9.87. The predicted octanol–water partition coefficient (Wildman–Crippen LogP) is 3.68. The van der Waals surface area contributed by atoms with Crippen molar-refractivity contribution in [3.05, 3.63) is 53.2 Å². The minimum absolute atomic E-state index is 0.0252. The molecule has 1 amide bonds. The van der Waals surface area contributed by atoms with Crippen molar-refractivity contribution in [2.45, 2.75) is 64.1 Å². The number of aliphatic hydroxyl groups excluding tert-OH is 1. The number of fused-ring (bicyclic) bond motifs is 2. The number of nitriles is 1. The Bertz CT molecular complexity index is 1670. The van der Waals surface area contributed by atoms with Gasteiger partial charge in [0.25, 0.3) is 0 Å². The molecule has 0 spiro atoms. The van der Waals surface area contributed by atoms with Crippen LogP contribution in [-0.4, -0.2) is 95.9 Å². The number of likely N-dealkylation sites (tertiary alicyclic amines) is 1. The van der Waals surface area contributed by atoms with E-state index in [1.165, 1.54) is 22.0 Å². The highest BCUT2D eigenvalue weighted by Gasteiger charge is 2.34. The number of rotatable bonds is 8. The Labute approximate surface area is 271 Å². The van der Waals surface area contributed by atoms with Gasteiger partial charge < -0.3 is 29.4 Å². The maximum absolute atomic E-state index is 13.1. The van der Waals surface area contributed by atoms with Crippen LogP contribution in [0.2, 0.25) is 0 Å². The molecular formula is C36H43N7O3. The molecule has 1 N–H and O–H groups in total. The molecule has 10 heteroatoms. The van der Waals surface area contributed by atoms with Crippen LogP contribution >= 0.6 is 0 Å². The number of hydrogen-bond acceptors (Lipinski definition) is 9. The van der Waals surface area contributed by atoms with Gasteiger partial charge in [0, 0.05) is 55.3 Å². The molecule has 0 saturated carbocycles. The van der Waals surface area contributed by atoms with Crippen molar-refractivity contribution in [1.82, 2.24) is 19.8 Å². The molecule has 2 atom stereocenters. The third-order valence-corrected chi connectivity index (χ3v) is 9.56. The number of nitrogens with zero attached hydrogens (tertiary/aromatic N) is 7. The molecule has 46 heavy (non-hydrogen) atoms. The lowest BCUT2D eigenvalue weighted by atomic mass is 9.99.